The zero-order valence-corrected chi connectivity index (χ0v) is 19.7. The Kier molecular flexibility index (Phi) is 7.30. The summed E-state index contributed by atoms with van der Waals surface area (Å²) in [5, 5.41) is 0. The minimum atomic E-state index is 0.0880. The number of nitrogens with zero attached hydrogens (tertiary/aromatic N) is 2. The number of rotatable bonds is 8. The van der Waals surface area contributed by atoms with Crippen LogP contribution in [-0.4, -0.2) is 50.1 Å². The monoisotopic (exact) mass is 444 g/mol. The Morgan fingerprint density at radius 2 is 1.55 bits per heavy atom. The van der Waals surface area contributed by atoms with Gasteiger partial charge in [0.25, 0.3) is 0 Å². The normalized spacial score (nSPS) is 15.5. The number of carbonyl (C=O) groups is 1. The fourth-order valence-corrected chi connectivity index (χ4v) is 4.59. The zero-order valence-electron chi connectivity index (χ0n) is 19.7. The van der Waals surface area contributed by atoms with Gasteiger partial charge >= 0.3 is 0 Å². The third-order valence-corrected chi connectivity index (χ3v) is 6.41. The lowest BCUT2D eigenvalue weighted by atomic mass is 9.88. The summed E-state index contributed by atoms with van der Waals surface area (Å²) in [5.41, 5.74) is 4.85. The largest absolute Gasteiger partial charge is 0.493 e. The molecule has 3 aromatic rings. The van der Waals surface area contributed by atoms with E-state index < -0.39 is 0 Å². The molecule has 0 N–H and O–H groups in total. The molecule has 0 spiro atoms. The second-order valence-electron chi connectivity index (χ2n) is 8.57. The van der Waals surface area contributed by atoms with Gasteiger partial charge in [-0.05, 0) is 47.2 Å². The van der Waals surface area contributed by atoms with Gasteiger partial charge in [-0.15, -0.1) is 0 Å². The fourth-order valence-electron chi connectivity index (χ4n) is 4.59. The minimum Gasteiger partial charge on any atom is -0.493 e. The molecule has 1 aliphatic rings. The molecule has 0 radical (unpaired) electrons. The molecule has 33 heavy (non-hydrogen) atoms. The summed E-state index contributed by atoms with van der Waals surface area (Å²) in [5.74, 6) is 1.60. The number of hydrogen-bond acceptors (Lipinski definition) is 4. The molecule has 0 saturated carbocycles. The summed E-state index contributed by atoms with van der Waals surface area (Å²) in [6, 6.07) is 24.8. The second-order valence-corrected chi connectivity index (χ2v) is 8.57. The van der Waals surface area contributed by atoms with Crippen LogP contribution in [0.4, 0.5) is 0 Å². The fraction of sp³-hybridized carbons (Fsp3) is 0.321. The maximum atomic E-state index is 13.2. The van der Waals surface area contributed by atoms with Gasteiger partial charge in [-0.1, -0.05) is 60.7 Å². The van der Waals surface area contributed by atoms with E-state index in [-0.39, 0.29) is 11.9 Å². The predicted molar refractivity (Wildman–Crippen MR) is 131 cm³/mol. The van der Waals surface area contributed by atoms with Crippen molar-refractivity contribution >= 4 is 5.91 Å². The Labute approximate surface area is 196 Å². The summed E-state index contributed by atoms with van der Waals surface area (Å²) in [4.78, 5) is 17.3. The van der Waals surface area contributed by atoms with E-state index in [1.165, 1.54) is 16.7 Å². The lowest BCUT2D eigenvalue weighted by Crippen LogP contribution is -2.43. The highest BCUT2D eigenvalue weighted by molar-refractivity contribution is 5.78. The van der Waals surface area contributed by atoms with Gasteiger partial charge in [0.15, 0.2) is 11.5 Å². The van der Waals surface area contributed by atoms with Crippen LogP contribution in [0.3, 0.4) is 0 Å². The number of methoxy groups -OCH3 is 2. The lowest BCUT2D eigenvalue weighted by Gasteiger charge is -2.38. The molecule has 1 atom stereocenters. The van der Waals surface area contributed by atoms with Crippen LogP contribution in [-0.2, 0) is 24.2 Å². The summed E-state index contributed by atoms with van der Waals surface area (Å²) < 4.78 is 11.1. The first-order valence-corrected chi connectivity index (χ1v) is 11.4. The van der Waals surface area contributed by atoms with Crippen LogP contribution >= 0.6 is 0 Å². The quantitative estimate of drug-likeness (QED) is 0.513. The first-order valence-electron chi connectivity index (χ1n) is 11.4. The third kappa shape index (κ3) is 5.37. The first-order chi connectivity index (χ1) is 16.1. The predicted octanol–water partition coefficient (Wildman–Crippen LogP) is 4.50. The van der Waals surface area contributed by atoms with Gasteiger partial charge in [0, 0.05) is 26.2 Å². The van der Waals surface area contributed by atoms with Crippen molar-refractivity contribution in [2.24, 2.45) is 0 Å². The Hall–Kier alpha value is -3.31. The molecule has 1 aliphatic heterocycles. The van der Waals surface area contributed by atoms with E-state index in [0.717, 1.165) is 36.4 Å². The molecule has 3 aromatic carbocycles. The summed E-state index contributed by atoms with van der Waals surface area (Å²) >= 11 is 0. The SMILES string of the molecule is COc1cc2c(cc1OC)C(Cc1ccccc1)N(CC(=O)N(C)Cc1ccccc1)CC2. The molecular weight excluding hydrogens is 412 g/mol. The average Bonchev–Trinajstić information content (AvgIpc) is 2.85. The highest BCUT2D eigenvalue weighted by atomic mass is 16.5. The topological polar surface area (TPSA) is 42.0 Å². The summed E-state index contributed by atoms with van der Waals surface area (Å²) in [7, 11) is 5.22. The van der Waals surface area contributed by atoms with Crippen LogP contribution in [0.15, 0.2) is 72.8 Å². The van der Waals surface area contributed by atoms with Crippen molar-refractivity contribution in [2.45, 2.75) is 25.4 Å². The van der Waals surface area contributed by atoms with E-state index >= 15 is 0 Å². The zero-order chi connectivity index (χ0) is 23.2. The molecule has 4 rings (SSSR count). The van der Waals surface area contributed by atoms with E-state index in [2.05, 4.69) is 53.4 Å². The van der Waals surface area contributed by atoms with Crippen LogP contribution in [0.5, 0.6) is 11.5 Å². The van der Waals surface area contributed by atoms with Crippen molar-refractivity contribution in [1.82, 2.24) is 9.80 Å². The standard InChI is InChI=1S/C28H32N2O3/c1-29(19-22-12-8-5-9-13-22)28(31)20-30-15-14-23-17-26(32-2)27(33-3)18-24(23)25(30)16-21-10-6-4-7-11-21/h4-13,17-18,25H,14-16,19-20H2,1-3H3. The Morgan fingerprint density at radius 1 is 0.939 bits per heavy atom. The van der Waals surface area contributed by atoms with Gasteiger partial charge in [-0.25, -0.2) is 0 Å². The molecule has 5 nitrogen and oxygen atoms in total. The Morgan fingerprint density at radius 3 is 2.18 bits per heavy atom. The van der Waals surface area contributed by atoms with Crippen LogP contribution in [0, 0.1) is 0 Å². The first kappa shape index (κ1) is 22.9. The van der Waals surface area contributed by atoms with Gasteiger partial charge in [-0.3, -0.25) is 9.69 Å². The molecule has 0 aliphatic carbocycles. The van der Waals surface area contributed by atoms with Crippen molar-refractivity contribution in [2.75, 3.05) is 34.4 Å². The van der Waals surface area contributed by atoms with Crippen molar-refractivity contribution in [3.63, 3.8) is 0 Å². The number of ether oxygens (including phenoxy) is 2. The average molecular weight is 445 g/mol. The molecular formula is C28H32N2O3. The van der Waals surface area contributed by atoms with E-state index in [4.69, 9.17) is 9.47 Å². The maximum absolute atomic E-state index is 13.2. The number of amides is 1. The lowest BCUT2D eigenvalue weighted by molar-refractivity contribution is -0.132. The van der Waals surface area contributed by atoms with E-state index in [9.17, 15) is 4.79 Å². The summed E-state index contributed by atoms with van der Waals surface area (Å²) in [6.45, 7) is 1.82. The molecule has 1 amide bonds. The van der Waals surface area contributed by atoms with Crippen LogP contribution < -0.4 is 9.47 Å². The molecule has 5 heteroatoms. The number of fused-ring (bicyclic) bond motifs is 1. The van der Waals surface area contributed by atoms with Gasteiger partial charge in [0.1, 0.15) is 0 Å². The second kappa shape index (κ2) is 10.5. The smallest absolute Gasteiger partial charge is 0.236 e. The van der Waals surface area contributed by atoms with Gasteiger partial charge < -0.3 is 14.4 Å². The van der Waals surface area contributed by atoms with E-state index in [1.54, 1.807) is 14.2 Å². The van der Waals surface area contributed by atoms with Crippen LogP contribution in [0.2, 0.25) is 0 Å². The van der Waals surface area contributed by atoms with Gasteiger partial charge in [0.05, 0.1) is 20.8 Å². The highest BCUT2D eigenvalue weighted by Crippen LogP contribution is 2.39. The van der Waals surface area contributed by atoms with E-state index in [1.807, 2.05) is 36.2 Å². The molecule has 172 valence electrons. The van der Waals surface area contributed by atoms with Gasteiger partial charge in [-0.2, -0.15) is 0 Å². The Balaban J connectivity index is 1.59. The molecule has 0 saturated heterocycles. The van der Waals surface area contributed by atoms with Crippen LogP contribution in [0.25, 0.3) is 0 Å². The van der Waals surface area contributed by atoms with Crippen molar-refractivity contribution in [3.05, 3.63) is 95.1 Å². The molecule has 1 heterocycles. The number of likely N-dealkylation sites (N-methyl/N-ethyl adjacent to an activating group) is 1. The number of carbonyl (C=O) groups excluding carboxylic acids is 1. The van der Waals surface area contributed by atoms with Crippen molar-refractivity contribution in [3.8, 4) is 11.5 Å². The highest BCUT2D eigenvalue weighted by Gasteiger charge is 2.31. The van der Waals surface area contributed by atoms with E-state index in [0.29, 0.717) is 13.1 Å². The molecule has 1 unspecified atom stereocenters. The maximum Gasteiger partial charge on any atom is 0.236 e. The Bertz CT molecular complexity index is 1070. The molecule has 0 fully saturated rings. The van der Waals surface area contributed by atoms with Crippen molar-refractivity contribution < 1.29 is 14.3 Å². The number of benzene rings is 3. The number of hydrogen-bond donors (Lipinski definition) is 0. The summed E-state index contributed by atoms with van der Waals surface area (Å²) in [6.07, 6.45) is 1.70. The third-order valence-electron chi connectivity index (χ3n) is 6.41. The van der Waals surface area contributed by atoms with Gasteiger partial charge in [0.2, 0.25) is 5.91 Å². The minimum absolute atomic E-state index is 0.0880. The van der Waals surface area contributed by atoms with Crippen LogP contribution in [0.1, 0.15) is 28.3 Å². The molecule has 0 bridgehead atoms. The van der Waals surface area contributed by atoms with Crippen molar-refractivity contribution in [1.29, 1.82) is 0 Å². The molecule has 0 aromatic heterocycles.